The second kappa shape index (κ2) is 21.5. The van der Waals surface area contributed by atoms with Gasteiger partial charge in [0.05, 0.1) is 38.0 Å². The normalized spacial score (nSPS) is 11.8. The third kappa shape index (κ3) is 12.3. The van der Waals surface area contributed by atoms with Gasteiger partial charge in [-0.1, -0.05) is 58.8 Å². The smallest absolute Gasteiger partial charge is 0.335 e. The van der Waals surface area contributed by atoms with Crippen molar-refractivity contribution in [2.75, 3.05) is 16.0 Å². The Kier molecular flexibility index (Phi) is 15.5. The van der Waals surface area contributed by atoms with Crippen molar-refractivity contribution in [3.05, 3.63) is 147 Å². The molecule has 0 aliphatic carbocycles. The first-order chi connectivity index (χ1) is 35.3. The highest BCUT2D eigenvalue weighted by Gasteiger charge is 2.26. The summed E-state index contributed by atoms with van der Waals surface area (Å²) in [5.74, 6) is -4.43. The molecule has 0 saturated heterocycles. The molecule has 75 heavy (non-hydrogen) atoms. The Morgan fingerprint density at radius 1 is 0.613 bits per heavy atom. The van der Waals surface area contributed by atoms with Gasteiger partial charge in [-0.25, -0.2) is 14.6 Å². The Morgan fingerprint density at radius 2 is 1.12 bits per heavy atom. The molecule has 2 heterocycles. The number of pyridine rings is 1. The summed E-state index contributed by atoms with van der Waals surface area (Å²) in [4.78, 5) is 39.4. The number of carbonyl (C=O) groups is 3. The number of carboxylic acids is 2. The number of azo groups is 2. The number of halogens is 2. The van der Waals surface area contributed by atoms with Crippen molar-refractivity contribution in [3.8, 4) is 23.3 Å². The lowest BCUT2D eigenvalue weighted by atomic mass is 10.0. The maximum atomic E-state index is 13.2. The summed E-state index contributed by atoms with van der Waals surface area (Å²) >= 11 is 12.8. The summed E-state index contributed by atoms with van der Waals surface area (Å²) in [7, 11) is -14.6. The number of rotatable bonds is 16. The lowest BCUT2D eigenvalue weighted by molar-refractivity contribution is 0.0696. The van der Waals surface area contributed by atoms with Crippen LogP contribution < -0.4 is 16.0 Å². The van der Waals surface area contributed by atoms with Crippen molar-refractivity contribution in [2.45, 2.75) is 21.6 Å². The van der Waals surface area contributed by atoms with Crippen LogP contribution in [0, 0.1) is 29.6 Å². The first-order valence-corrected chi connectivity index (χ1v) is 26.2. The molecule has 30 heteroatoms. The number of benzene rings is 5. The van der Waals surface area contributed by atoms with E-state index in [0.29, 0.717) is 11.3 Å². The first kappa shape index (κ1) is 54.2. The predicted molar refractivity (Wildman–Crippen MR) is 270 cm³/mol. The molecule has 8 N–H and O–H groups in total. The van der Waals surface area contributed by atoms with Gasteiger partial charge in [-0.05, 0) is 91.3 Å². The average Bonchev–Trinajstić information content (AvgIpc) is 3.70. The summed E-state index contributed by atoms with van der Waals surface area (Å²) in [5.41, 5.74) is -2.01. The molecule has 1 amide bonds. The minimum atomic E-state index is -4.90. The molecule has 0 radical (unpaired) electrons. The van der Waals surface area contributed by atoms with E-state index in [1.807, 2.05) is 12.1 Å². The van der Waals surface area contributed by atoms with Crippen LogP contribution >= 0.6 is 34.5 Å². The van der Waals surface area contributed by atoms with E-state index in [9.17, 15) is 74.0 Å². The van der Waals surface area contributed by atoms with E-state index in [0.717, 1.165) is 48.5 Å². The monoisotopic (exact) mass is 1130 g/mol. The highest BCUT2D eigenvalue weighted by Crippen LogP contribution is 2.49. The Bertz CT molecular complexity index is 4030. The number of nitrogens with zero attached hydrogens (tertiary/aromatic N) is 7. The zero-order valence-corrected chi connectivity index (χ0v) is 42.0. The molecule has 380 valence electrons. The van der Waals surface area contributed by atoms with Gasteiger partial charge >= 0.3 is 11.9 Å². The summed E-state index contributed by atoms with van der Waals surface area (Å²) in [6.07, 6.45) is 0. The van der Waals surface area contributed by atoms with E-state index in [4.69, 9.17) is 23.2 Å². The highest BCUT2D eigenvalue weighted by atomic mass is 35.5. The first-order valence-electron chi connectivity index (χ1n) is 20.3. The number of hydrogen-bond acceptors (Lipinski definition) is 19. The Labute approximate surface area is 437 Å². The van der Waals surface area contributed by atoms with Crippen LogP contribution in [-0.2, 0) is 30.4 Å². The molecule has 0 saturated carbocycles. The van der Waals surface area contributed by atoms with Crippen molar-refractivity contribution in [2.24, 2.45) is 20.5 Å². The molecule has 0 fully saturated rings. The number of thiophene rings is 1. The molecule has 0 atom stereocenters. The van der Waals surface area contributed by atoms with Gasteiger partial charge in [0.15, 0.2) is 16.6 Å². The van der Waals surface area contributed by atoms with Gasteiger partial charge in [-0.3, -0.25) is 18.5 Å². The molecule has 7 rings (SSSR count). The van der Waals surface area contributed by atoms with Crippen LogP contribution in [0.5, 0.6) is 0 Å². The fourth-order valence-corrected chi connectivity index (χ4v) is 10.4. The zero-order chi connectivity index (χ0) is 54.7. The highest BCUT2D eigenvalue weighted by molar-refractivity contribution is 7.86. The van der Waals surface area contributed by atoms with Crippen molar-refractivity contribution in [3.63, 3.8) is 0 Å². The summed E-state index contributed by atoms with van der Waals surface area (Å²) in [6.45, 7) is 1.39. The third-order valence-electron chi connectivity index (χ3n) is 10.2. The fourth-order valence-electron chi connectivity index (χ4n) is 6.79. The Hall–Kier alpha value is -8.55. The lowest BCUT2D eigenvalue weighted by Crippen LogP contribution is -2.16. The summed E-state index contributed by atoms with van der Waals surface area (Å²) in [5, 5.41) is 64.6. The summed E-state index contributed by atoms with van der Waals surface area (Å²) in [6, 6.07) is 24.1. The second-order valence-electron chi connectivity index (χ2n) is 15.1. The van der Waals surface area contributed by atoms with Crippen molar-refractivity contribution in [1.29, 1.82) is 10.5 Å². The van der Waals surface area contributed by atoms with Crippen LogP contribution in [0.15, 0.2) is 138 Å². The van der Waals surface area contributed by atoms with E-state index in [-0.39, 0.29) is 93.5 Å². The van der Waals surface area contributed by atoms with Gasteiger partial charge in [-0.2, -0.15) is 35.8 Å². The number of amides is 1. The fraction of sp³-hybridized carbons (Fsp3) is 0.0222. The van der Waals surface area contributed by atoms with Crippen LogP contribution in [0.1, 0.15) is 47.8 Å². The topological polar surface area (TPSA) is 401 Å². The van der Waals surface area contributed by atoms with Crippen LogP contribution in [0.4, 0.5) is 50.1 Å². The van der Waals surface area contributed by atoms with E-state index in [2.05, 4.69) is 41.4 Å². The minimum absolute atomic E-state index is 0.00813. The van der Waals surface area contributed by atoms with Crippen LogP contribution in [0.25, 0.3) is 11.1 Å². The van der Waals surface area contributed by atoms with Gasteiger partial charge in [0, 0.05) is 28.2 Å². The second-order valence-corrected chi connectivity index (χ2v) is 21.1. The Morgan fingerprint density at radius 3 is 1.64 bits per heavy atom. The molecule has 0 unspecified atom stereocenters. The quantitative estimate of drug-likeness (QED) is 0.0329. The molecular formula is C45H28Cl2N10O14S4. The number of anilines is 5. The Balaban J connectivity index is 1.39. The van der Waals surface area contributed by atoms with Gasteiger partial charge < -0.3 is 26.2 Å². The number of nitrogens with one attached hydrogen (secondary N) is 3. The third-order valence-corrected chi connectivity index (χ3v) is 14.7. The van der Waals surface area contributed by atoms with Crippen molar-refractivity contribution >= 4 is 133 Å². The van der Waals surface area contributed by atoms with Crippen molar-refractivity contribution in [1.82, 2.24) is 4.98 Å². The van der Waals surface area contributed by atoms with E-state index in [1.54, 1.807) is 0 Å². The number of carboxylic acid groups (broad SMARTS) is 2. The largest absolute Gasteiger partial charge is 0.478 e. The van der Waals surface area contributed by atoms with Crippen molar-refractivity contribution < 1.29 is 63.5 Å². The molecule has 0 spiro atoms. The number of aromatic nitrogens is 1. The van der Waals surface area contributed by atoms with Crippen LogP contribution in [-0.4, -0.2) is 72.0 Å². The number of hydrogen-bond donors (Lipinski definition) is 8. The SMILES string of the molecule is Cc1c(C#N)c(Nc2ccc(Cl)c(S(=O)(=O)O)c2)nc(Nc2ccc(Cl)c(S(=O)(=O)O)c2)c1N=Nc1sc(N=Nc2cc(C(=O)O)cc(C(=O)O)c2)c(-c2ccc(NC(=O)c3ccccc3S(=O)(=O)O)cc2)c1C#N. The minimum Gasteiger partial charge on any atom is -0.478 e. The molecular weight excluding hydrogens is 1100 g/mol. The lowest BCUT2D eigenvalue weighted by Gasteiger charge is -2.16. The van der Waals surface area contributed by atoms with E-state index in [1.165, 1.54) is 61.5 Å². The summed E-state index contributed by atoms with van der Waals surface area (Å²) < 4.78 is 102. The van der Waals surface area contributed by atoms with Gasteiger partial charge in [0.25, 0.3) is 36.3 Å². The number of carbonyl (C=O) groups excluding carboxylic acids is 1. The molecule has 5 aromatic carbocycles. The van der Waals surface area contributed by atoms with Gasteiger partial charge in [-0.15, -0.1) is 20.5 Å². The zero-order valence-electron chi connectivity index (χ0n) is 37.2. The van der Waals surface area contributed by atoms with Gasteiger partial charge in [0.1, 0.15) is 43.1 Å². The molecule has 7 aromatic rings. The molecule has 0 bridgehead atoms. The molecule has 0 aliphatic heterocycles. The van der Waals surface area contributed by atoms with E-state index >= 15 is 0 Å². The van der Waals surface area contributed by atoms with Gasteiger partial charge in [0.2, 0.25) is 0 Å². The standard InChI is InChI=1S/C45H28Cl2N10O14S4/c1-21-30(19-48)39(50-26-10-12-32(46)35(17-26)74(66,67)68)53-40(51-27-11-13-33(47)36(18-27)75(69,70)71)38(21)55-56-42-31(20-49)37(43(72-42)57-54-28-15-23(44(59)60)14-24(16-28)45(61)62)22-6-8-25(9-7-22)52-41(58)29-4-2-3-5-34(29)73(63,64)65/h2-18H,1H3,(H,52,58)(H,59,60)(H,61,62)(H2,50,51,53)(H,63,64,65)(H,66,67,68)(H,69,70,71). The molecule has 0 aliphatic rings. The maximum absolute atomic E-state index is 13.2. The number of nitriles is 2. The maximum Gasteiger partial charge on any atom is 0.335 e. The number of aromatic carboxylic acids is 2. The molecule has 2 aromatic heterocycles. The van der Waals surface area contributed by atoms with Crippen LogP contribution in [0.2, 0.25) is 10.0 Å². The average molecular weight is 1130 g/mol. The predicted octanol–water partition coefficient (Wildman–Crippen LogP) is 10.9. The van der Waals surface area contributed by atoms with Crippen LogP contribution in [0.3, 0.4) is 0 Å². The molecule has 24 nitrogen and oxygen atoms in total. The van der Waals surface area contributed by atoms with E-state index < -0.39 is 74.0 Å².